The molecule has 0 saturated heterocycles. The molecule has 0 N–H and O–H groups in total. The summed E-state index contributed by atoms with van der Waals surface area (Å²) in [5.74, 6) is -3.60. The number of fused-ring (bicyclic) bond motifs is 1. The van der Waals surface area contributed by atoms with Crippen LogP contribution < -0.4 is 0 Å². The van der Waals surface area contributed by atoms with E-state index < -0.39 is 35.1 Å². The first-order chi connectivity index (χ1) is 11.8. The summed E-state index contributed by atoms with van der Waals surface area (Å²) in [6.45, 7) is 1.48. The second-order valence-electron chi connectivity index (χ2n) is 5.13. The molecule has 0 unspecified atom stereocenters. The molecule has 0 radical (unpaired) electrons. The van der Waals surface area contributed by atoms with Crippen LogP contribution in [0.4, 0.5) is 13.2 Å². The molecule has 6 nitrogen and oxygen atoms in total. The average molecular weight is 353 g/mol. The van der Waals surface area contributed by atoms with Crippen molar-refractivity contribution < 1.29 is 36.8 Å². The maximum atomic E-state index is 13.0. The van der Waals surface area contributed by atoms with Gasteiger partial charge in [0.2, 0.25) is 0 Å². The van der Waals surface area contributed by atoms with Gasteiger partial charge in [0.25, 0.3) is 11.8 Å². The molecule has 0 saturated carbocycles. The Morgan fingerprint density at radius 3 is 2.20 bits per heavy atom. The molecule has 130 valence electrons. The van der Waals surface area contributed by atoms with Gasteiger partial charge in [0.15, 0.2) is 0 Å². The van der Waals surface area contributed by atoms with Gasteiger partial charge < -0.3 is 9.25 Å². The van der Waals surface area contributed by atoms with Crippen molar-refractivity contribution in [3.63, 3.8) is 0 Å². The van der Waals surface area contributed by atoms with Crippen molar-refractivity contribution in [3.8, 4) is 0 Å². The quantitative estimate of drug-likeness (QED) is 0.792. The van der Waals surface area contributed by atoms with E-state index in [-0.39, 0.29) is 28.4 Å². The van der Waals surface area contributed by atoms with Gasteiger partial charge in [-0.3, -0.25) is 9.59 Å². The van der Waals surface area contributed by atoms with E-state index in [0.29, 0.717) is 6.26 Å². The van der Waals surface area contributed by atoms with Gasteiger partial charge in [-0.1, -0.05) is 24.1 Å². The van der Waals surface area contributed by atoms with Gasteiger partial charge in [-0.15, -0.1) is 0 Å². The van der Waals surface area contributed by atoms with Crippen LogP contribution in [0.2, 0.25) is 0 Å². The van der Waals surface area contributed by atoms with Gasteiger partial charge in [0.1, 0.15) is 23.2 Å². The van der Waals surface area contributed by atoms with E-state index in [4.69, 9.17) is 4.42 Å². The number of alkyl halides is 3. The van der Waals surface area contributed by atoms with E-state index in [0.717, 1.165) is 0 Å². The number of nitrogens with zero attached hydrogens (tertiary/aromatic N) is 1. The molecule has 3 rings (SSSR count). The Hall–Kier alpha value is -3.10. The summed E-state index contributed by atoms with van der Waals surface area (Å²) >= 11 is 0. The third kappa shape index (κ3) is 2.67. The van der Waals surface area contributed by atoms with E-state index in [9.17, 15) is 27.6 Å². The zero-order chi connectivity index (χ0) is 18.4. The first-order valence-corrected chi connectivity index (χ1v) is 7.13. The second kappa shape index (κ2) is 5.76. The van der Waals surface area contributed by atoms with Crippen LogP contribution in [0.5, 0.6) is 0 Å². The van der Waals surface area contributed by atoms with E-state index in [1.165, 1.54) is 31.2 Å². The largest absolute Gasteiger partial charge is 0.468 e. The summed E-state index contributed by atoms with van der Waals surface area (Å²) in [6.07, 6.45) is -4.46. The number of furan rings is 1. The maximum Gasteiger partial charge on any atom is 0.420 e. The smallest absolute Gasteiger partial charge is 0.420 e. The molecule has 1 aromatic heterocycles. The lowest BCUT2D eigenvalue weighted by molar-refractivity contribution is -0.138. The zero-order valence-electron chi connectivity index (χ0n) is 12.7. The predicted molar refractivity (Wildman–Crippen MR) is 75.4 cm³/mol. The number of carbonyl (C=O) groups is 3. The summed E-state index contributed by atoms with van der Waals surface area (Å²) in [7, 11) is 0. The summed E-state index contributed by atoms with van der Waals surface area (Å²) in [6, 6.07) is 5.70. The molecule has 9 heteroatoms. The Morgan fingerprint density at radius 2 is 1.72 bits per heavy atom. The molecule has 0 spiro atoms. The van der Waals surface area contributed by atoms with Crippen molar-refractivity contribution in [2.75, 3.05) is 0 Å². The summed E-state index contributed by atoms with van der Waals surface area (Å²) < 4.78 is 43.8. The molecule has 1 aliphatic rings. The van der Waals surface area contributed by atoms with Crippen molar-refractivity contribution >= 4 is 17.8 Å². The van der Waals surface area contributed by atoms with Gasteiger partial charge in [-0.25, -0.2) is 4.79 Å². The topological polar surface area (TPSA) is 76.8 Å². The highest BCUT2D eigenvalue weighted by molar-refractivity contribution is 6.21. The lowest BCUT2D eigenvalue weighted by atomic mass is 10.1. The molecule has 0 atom stereocenters. The first-order valence-electron chi connectivity index (χ1n) is 7.13. The van der Waals surface area contributed by atoms with Crippen molar-refractivity contribution in [2.24, 2.45) is 0 Å². The van der Waals surface area contributed by atoms with Gasteiger partial charge in [0, 0.05) is 6.42 Å². The van der Waals surface area contributed by atoms with Crippen LogP contribution >= 0.6 is 0 Å². The number of hydrogen-bond donors (Lipinski definition) is 0. The van der Waals surface area contributed by atoms with Crippen LogP contribution in [0.25, 0.3) is 0 Å². The van der Waals surface area contributed by atoms with E-state index in [1.54, 1.807) is 0 Å². The lowest BCUT2D eigenvalue weighted by Gasteiger charge is -2.14. The Bertz CT molecular complexity index is 849. The molecule has 2 heterocycles. The Labute approximate surface area is 138 Å². The van der Waals surface area contributed by atoms with Gasteiger partial charge in [-0.2, -0.15) is 13.2 Å². The average Bonchev–Trinajstić information content (AvgIpc) is 3.11. The zero-order valence-corrected chi connectivity index (χ0v) is 12.7. The minimum Gasteiger partial charge on any atom is -0.468 e. The van der Waals surface area contributed by atoms with Crippen molar-refractivity contribution in [3.05, 3.63) is 58.5 Å². The number of hydrogen-bond acceptors (Lipinski definition) is 5. The highest BCUT2D eigenvalue weighted by Gasteiger charge is 2.43. The van der Waals surface area contributed by atoms with Crippen LogP contribution in [-0.4, -0.2) is 22.8 Å². The molecule has 2 aromatic rings. The van der Waals surface area contributed by atoms with Gasteiger partial charge in [0.05, 0.1) is 11.1 Å². The minimum absolute atomic E-state index is 0.000691. The highest BCUT2D eigenvalue weighted by atomic mass is 19.4. The fourth-order valence-corrected chi connectivity index (χ4v) is 2.47. The monoisotopic (exact) mass is 353 g/mol. The van der Waals surface area contributed by atoms with Crippen molar-refractivity contribution in [1.29, 1.82) is 0 Å². The molecular weight excluding hydrogens is 343 g/mol. The van der Waals surface area contributed by atoms with Crippen molar-refractivity contribution in [2.45, 2.75) is 19.5 Å². The molecule has 0 bridgehead atoms. The number of hydroxylamine groups is 2. The molecule has 25 heavy (non-hydrogen) atoms. The number of imide groups is 1. The standard InChI is InChI=1S/C16H10F3NO5/c1-2-11-12(10(7-24-11)16(17,18)19)15(23)25-20-13(21)8-5-3-4-6-9(8)14(20)22/h3-7H,2H2,1H3. The van der Waals surface area contributed by atoms with Crippen LogP contribution in [0.3, 0.4) is 0 Å². The molecule has 0 fully saturated rings. The summed E-state index contributed by atoms with van der Waals surface area (Å²) in [5.41, 5.74) is -2.18. The number of benzene rings is 1. The molecule has 2 amide bonds. The Balaban J connectivity index is 1.94. The fraction of sp³-hybridized carbons (Fsp3) is 0.188. The number of amides is 2. The second-order valence-corrected chi connectivity index (χ2v) is 5.13. The Kier molecular flexibility index (Phi) is 3.86. The number of carbonyl (C=O) groups excluding carboxylic acids is 3. The number of aryl methyl sites for hydroxylation is 1. The van der Waals surface area contributed by atoms with Gasteiger partial charge in [-0.05, 0) is 12.1 Å². The fourth-order valence-electron chi connectivity index (χ4n) is 2.47. The van der Waals surface area contributed by atoms with Crippen LogP contribution in [0.1, 0.15) is 49.3 Å². The number of rotatable bonds is 3. The molecule has 1 aromatic carbocycles. The highest BCUT2D eigenvalue weighted by Crippen LogP contribution is 2.35. The SMILES string of the molecule is CCc1occ(C(F)(F)F)c1C(=O)ON1C(=O)c2ccccc2C1=O. The molecule has 1 aliphatic heterocycles. The number of halogens is 3. The lowest BCUT2D eigenvalue weighted by Crippen LogP contribution is -2.33. The third-order valence-electron chi connectivity index (χ3n) is 3.63. The molecule has 0 aliphatic carbocycles. The van der Waals surface area contributed by atoms with Gasteiger partial charge >= 0.3 is 12.1 Å². The van der Waals surface area contributed by atoms with E-state index in [2.05, 4.69) is 4.84 Å². The molecular formula is C16H10F3NO5. The van der Waals surface area contributed by atoms with Crippen LogP contribution in [0.15, 0.2) is 34.9 Å². The van der Waals surface area contributed by atoms with Crippen LogP contribution in [0, 0.1) is 0 Å². The maximum absolute atomic E-state index is 13.0. The summed E-state index contributed by atoms with van der Waals surface area (Å²) in [5, 5.41) is 0.152. The third-order valence-corrected chi connectivity index (χ3v) is 3.63. The normalized spacial score (nSPS) is 14.0. The van der Waals surface area contributed by atoms with E-state index >= 15 is 0 Å². The Morgan fingerprint density at radius 1 is 1.16 bits per heavy atom. The predicted octanol–water partition coefficient (Wildman–Crippen LogP) is 3.23. The minimum atomic E-state index is -4.85. The first kappa shape index (κ1) is 16.7. The van der Waals surface area contributed by atoms with Crippen LogP contribution in [-0.2, 0) is 17.4 Å². The van der Waals surface area contributed by atoms with E-state index in [1.807, 2.05) is 0 Å². The summed E-state index contributed by atoms with van der Waals surface area (Å²) in [4.78, 5) is 41.2. The van der Waals surface area contributed by atoms with Crippen molar-refractivity contribution in [1.82, 2.24) is 5.06 Å².